The quantitative estimate of drug-likeness (QED) is 0.0233. The molecule has 0 aliphatic rings. The van der Waals surface area contributed by atoms with E-state index in [1.54, 1.807) is 6.92 Å². The number of aromatic hydroxyl groups is 2. The van der Waals surface area contributed by atoms with Crippen molar-refractivity contribution < 1.29 is 97.4 Å². The number of ether oxygens (including phenoxy) is 4. The number of ketones is 4. The second-order valence-electron chi connectivity index (χ2n) is 19.3. The molecule has 5 aromatic carbocycles. The van der Waals surface area contributed by atoms with Crippen LogP contribution in [0.3, 0.4) is 0 Å². The Morgan fingerprint density at radius 1 is 0.534 bits per heavy atom. The molecule has 5 rings (SSSR count). The number of benzene rings is 5. The summed E-state index contributed by atoms with van der Waals surface area (Å²) in [5.74, 6) is 2.64. The fourth-order valence-corrected chi connectivity index (χ4v) is 7.92. The number of phenols is 2. The monoisotopic (exact) mass is 1350 g/mol. The van der Waals surface area contributed by atoms with Crippen molar-refractivity contribution in [3.63, 3.8) is 0 Å². The summed E-state index contributed by atoms with van der Waals surface area (Å²) < 4.78 is 28.3. The van der Waals surface area contributed by atoms with Gasteiger partial charge in [0, 0.05) is 51.1 Å². The fourth-order valence-electron chi connectivity index (χ4n) is 7.92. The molecule has 0 saturated carbocycles. The van der Waals surface area contributed by atoms with Crippen LogP contribution in [0.1, 0.15) is 143 Å². The van der Waals surface area contributed by atoms with Crippen molar-refractivity contribution in [1.29, 1.82) is 0 Å². The van der Waals surface area contributed by atoms with Crippen LogP contribution in [0.4, 0.5) is 0 Å². The molecule has 5 aromatic rings. The molecule has 0 atom stereocenters. The minimum absolute atomic E-state index is 0. The predicted molar refractivity (Wildman–Crippen MR) is 351 cm³/mol. The Balaban J connectivity index is -0.000000310. The zero-order chi connectivity index (χ0) is 68.6. The number of halogens is 6. The van der Waals surface area contributed by atoms with Crippen LogP contribution in [-0.2, 0) is 23.9 Å². The second kappa shape index (κ2) is 50.3. The Morgan fingerprint density at radius 3 is 1.14 bits per heavy atom. The van der Waals surface area contributed by atoms with E-state index >= 15 is 0 Å². The van der Waals surface area contributed by atoms with E-state index in [0.29, 0.717) is 45.3 Å². The van der Waals surface area contributed by atoms with Gasteiger partial charge in [0.05, 0.1) is 17.4 Å². The Labute approximate surface area is 571 Å². The third-order valence-electron chi connectivity index (χ3n) is 11.7. The molecule has 0 heterocycles. The number of phenolic OH excluding ortho intramolecular Hbond substituents is 2. The van der Waals surface area contributed by atoms with Gasteiger partial charge in [0.2, 0.25) is 5.02 Å². The van der Waals surface area contributed by atoms with E-state index in [1.165, 1.54) is 46.6 Å². The molecule has 482 valence electrons. The Morgan fingerprint density at radius 2 is 0.830 bits per heavy atom. The van der Waals surface area contributed by atoms with Crippen LogP contribution in [0.2, 0.25) is 0 Å². The van der Waals surface area contributed by atoms with E-state index in [2.05, 4.69) is 32.8 Å². The molecule has 0 aromatic heterocycles. The normalized spacial score (nSPS) is 9.45. The van der Waals surface area contributed by atoms with E-state index in [9.17, 15) is 44.2 Å². The summed E-state index contributed by atoms with van der Waals surface area (Å²) >= 11 is 27.9. The average Bonchev–Trinajstić information content (AvgIpc) is 1.90. The van der Waals surface area contributed by atoms with Crippen LogP contribution in [0.15, 0.2) is 41.6 Å². The first kappa shape index (κ1) is 91.3. The SMILES string of the molecule is CC(=O)CCl.CC(=O)COc1c(C)cc(C)c(/C=N/O)c1C.CC(=O)COc1c(C)cc(C)c(C#[N+][O-])c1C.CC(=O)COc1c(C)cc(C)c(C=O)c1C.COC(Cl)Cl.Cc1cc(C)c(C=O)c(C)c1O.Cc1cc(C)c(O)c(C)c1.ClCCl.[Na+].[O-]Cl. The summed E-state index contributed by atoms with van der Waals surface area (Å²) in [6.07, 6.45) is 2.99. The number of oxime groups is 1. The van der Waals surface area contributed by atoms with E-state index in [0.717, 1.165) is 90.5 Å². The van der Waals surface area contributed by atoms with Crippen LogP contribution >= 0.6 is 69.9 Å². The standard InChI is InChI=1S/C13H17NO3.C13H15NO3.C13H16O3.C10H12O2.C9H12O.C3H5ClO.C2H4Cl2O.CH2Cl2.ClO.Na/c2*1-8-5-9(2)13(17-7-10(3)15)11(4)12(8)6-14-16;1-8-5-9(2)13(16-7-10(3)15)11(4)12(8)6-14;1-6-4-7(2)10(12)8(3)9(6)5-11;1-6-4-7(2)9(10)8(3)5-6;1-3(5)2-4;1-5-2(3)4;2-1-3;1-2;/h5-6,16H,7H2,1-4H3;5H,7H2,1-4H3;5-6H,7H2,1-4H3;4-5,12H,1-3H3;4-5,10H,1-3H3;2H2,1H3;2H,1H3;1H2;;/q;;;;;;;;-1;+1/b14-6+;;;;;;;;;. The summed E-state index contributed by atoms with van der Waals surface area (Å²) in [5, 5.41) is 43.0. The number of alkyl halides is 5. The van der Waals surface area contributed by atoms with E-state index < -0.39 is 5.02 Å². The molecule has 0 radical (unpaired) electrons. The first-order valence-corrected chi connectivity index (χ1v) is 28.9. The summed E-state index contributed by atoms with van der Waals surface area (Å²) in [5.41, 5.74) is 16.3. The number of carbonyl (C=O) groups excluding carboxylic acids is 6. The largest absolute Gasteiger partial charge is 1.00 e. The minimum atomic E-state index is -0.671. The molecule has 3 N–H and O–H groups in total. The van der Waals surface area contributed by atoms with Gasteiger partial charge in [0.15, 0.2) is 29.9 Å². The van der Waals surface area contributed by atoms with E-state index in [4.69, 9.17) is 82.1 Å². The van der Waals surface area contributed by atoms with Crippen molar-refractivity contribution in [2.75, 3.05) is 38.1 Å². The van der Waals surface area contributed by atoms with E-state index in [1.807, 2.05) is 133 Å². The number of aldehydes is 2. The van der Waals surface area contributed by atoms with Crippen molar-refractivity contribution in [2.24, 2.45) is 5.16 Å². The Bertz CT molecular complexity index is 3120. The van der Waals surface area contributed by atoms with Gasteiger partial charge in [-0.1, -0.05) is 70.3 Å². The second-order valence-corrected chi connectivity index (χ2v) is 21.4. The van der Waals surface area contributed by atoms with Gasteiger partial charge in [-0.15, -0.1) is 34.8 Å². The maximum Gasteiger partial charge on any atom is 1.00 e. The van der Waals surface area contributed by atoms with Gasteiger partial charge in [-0.3, -0.25) is 28.8 Å². The minimum Gasteiger partial charge on any atom is -0.769 e. The number of hydrogen-bond donors (Lipinski definition) is 3. The third-order valence-corrected chi connectivity index (χ3v) is 12.4. The van der Waals surface area contributed by atoms with Crippen LogP contribution < -0.4 is 48.4 Å². The molecule has 0 fully saturated rings. The molecule has 17 nitrogen and oxygen atoms in total. The molecule has 0 amide bonds. The first-order valence-electron chi connectivity index (χ1n) is 26.1. The fraction of sp³-hybridized carbons (Fsp3) is 0.406. The molecule has 88 heavy (non-hydrogen) atoms. The van der Waals surface area contributed by atoms with Crippen LogP contribution in [0.25, 0.3) is 5.01 Å². The van der Waals surface area contributed by atoms with Crippen LogP contribution in [0.5, 0.6) is 28.7 Å². The number of methoxy groups -OCH3 is 1. The molecule has 0 unspecified atom stereocenters. The number of Topliss-reactive ketones (excluding diaryl/α,β-unsaturated/α-hetero) is 4. The Hall–Kier alpha value is -5.46. The molecule has 0 aliphatic heterocycles. The van der Waals surface area contributed by atoms with Gasteiger partial charge >= 0.3 is 35.6 Å². The molecule has 0 bridgehead atoms. The molecular formula is C64H83Cl6N2NaO15. The predicted octanol–water partition coefficient (Wildman–Crippen LogP) is 12.1. The van der Waals surface area contributed by atoms with Gasteiger partial charge < -0.3 is 44.2 Å². The third kappa shape index (κ3) is 35.7. The van der Waals surface area contributed by atoms with Crippen LogP contribution in [-0.4, -0.2) is 101 Å². The Kier molecular flexibility index (Phi) is 52.2. The zero-order valence-electron chi connectivity index (χ0n) is 54.2. The summed E-state index contributed by atoms with van der Waals surface area (Å²) in [4.78, 5) is 63.9. The number of hydrogen-bond acceptors (Lipinski definition) is 16. The van der Waals surface area contributed by atoms with Gasteiger partial charge in [0.25, 0.3) is 0 Å². The summed E-state index contributed by atoms with van der Waals surface area (Å²) in [6.45, 7) is 34.2. The van der Waals surface area contributed by atoms with Crippen molar-refractivity contribution in [1.82, 2.24) is 0 Å². The molecule has 0 saturated heterocycles. The molecule has 0 aliphatic carbocycles. The van der Waals surface area contributed by atoms with Crippen molar-refractivity contribution in [2.45, 2.75) is 137 Å². The van der Waals surface area contributed by atoms with Gasteiger partial charge in [-0.2, -0.15) is 0 Å². The summed E-state index contributed by atoms with van der Waals surface area (Å²) in [6, 6.07) is 13.9. The van der Waals surface area contributed by atoms with Crippen molar-refractivity contribution >= 4 is 112 Å². The van der Waals surface area contributed by atoms with Gasteiger partial charge in [-0.25, -0.2) is 11.9 Å². The van der Waals surface area contributed by atoms with Gasteiger partial charge in [-0.05, 0) is 187 Å². The molecular weight excluding hydrogens is 1270 g/mol. The zero-order valence-corrected chi connectivity index (χ0v) is 60.7. The van der Waals surface area contributed by atoms with Crippen LogP contribution in [0, 0.1) is 115 Å². The molecule has 0 spiro atoms. The smallest absolute Gasteiger partial charge is 0.769 e. The van der Waals surface area contributed by atoms with Gasteiger partial charge in [0.1, 0.15) is 59.9 Å². The van der Waals surface area contributed by atoms with Crippen molar-refractivity contribution in [3.05, 3.63) is 152 Å². The number of carbonyl (C=O) groups is 6. The maximum atomic E-state index is 10.9. The maximum absolute atomic E-state index is 10.9. The molecule has 24 heteroatoms. The number of nitrogens with zero attached hydrogens (tertiary/aromatic N) is 2. The number of rotatable bonds is 14. The average molecular weight is 1360 g/mol. The topological polar surface area (TPSA) is 263 Å². The van der Waals surface area contributed by atoms with E-state index in [-0.39, 0.29) is 89.5 Å². The van der Waals surface area contributed by atoms with Crippen molar-refractivity contribution in [3.8, 4) is 34.8 Å². The first-order chi connectivity index (χ1) is 40.5. The number of aryl methyl sites for hydroxylation is 11. The summed E-state index contributed by atoms with van der Waals surface area (Å²) in [7, 11) is 1.44.